The molecule has 14 nitrogen and oxygen atoms in total. The van der Waals surface area contributed by atoms with Gasteiger partial charge in [-0.05, 0) is 54.4 Å². The SMILES string of the molecule is CC(C)(C)[Si](C)(C)O[C@@]1(n2cnc3c(N)nc(NN)nc32)O[C@H](CO)[C@](O)(O[Si](C)(C)C(C)(C)C)[C@]1(O)O[Si](C)(C)C(C)(C)C. The summed E-state index contributed by atoms with van der Waals surface area (Å²) in [6.07, 6.45) is -0.190. The van der Waals surface area contributed by atoms with E-state index in [0.717, 1.165) is 0 Å². The minimum atomic E-state index is -3.04. The maximum absolute atomic E-state index is 13.5. The highest BCUT2D eigenvalue weighted by Crippen LogP contribution is 2.59. The topological polar surface area (TPSA) is 205 Å². The molecule has 0 aliphatic carbocycles. The van der Waals surface area contributed by atoms with E-state index in [1.165, 1.54) is 10.9 Å². The molecule has 3 rings (SSSR count). The Morgan fingerprint density at radius 3 is 1.78 bits per heavy atom. The van der Waals surface area contributed by atoms with Crippen molar-refractivity contribution in [2.75, 3.05) is 17.8 Å². The van der Waals surface area contributed by atoms with Crippen LogP contribution in [0.3, 0.4) is 0 Å². The van der Waals surface area contributed by atoms with Gasteiger partial charge in [0.25, 0.3) is 5.79 Å². The van der Waals surface area contributed by atoms with Crippen LogP contribution in [0.15, 0.2) is 6.33 Å². The van der Waals surface area contributed by atoms with Gasteiger partial charge in [0, 0.05) is 0 Å². The van der Waals surface area contributed by atoms with Gasteiger partial charge in [0.05, 0.1) is 6.61 Å². The number of hydrogen-bond donors (Lipinski definition) is 6. The monoisotopic (exact) mass is 687 g/mol. The first-order valence-electron chi connectivity index (χ1n) is 15.3. The number of imidazole rings is 1. The smallest absolute Gasteiger partial charge is 0.311 e. The summed E-state index contributed by atoms with van der Waals surface area (Å²) in [7, 11) is -8.96. The van der Waals surface area contributed by atoms with Gasteiger partial charge in [0.15, 0.2) is 41.9 Å². The number of hydrogen-bond acceptors (Lipinski definition) is 13. The summed E-state index contributed by atoms with van der Waals surface area (Å²) in [5.41, 5.74) is 8.92. The molecule has 1 aliphatic heterocycles. The summed E-state index contributed by atoms with van der Waals surface area (Å²) in [6.45, 7) is 29.0. The molecule has 2 aromatic heterocycles. The third-order valence-electron chi connectivity index (χ3n) is 10.3. The first-order chi connectivity index (χ1) is 20.0. The van der Waals surface area contributed by atoms with Crippen LogP contribution in [0, 0.1) is 0 Å². The molecule has 0 amide bonds. The van der Waals surface area contributed by atoms with E-state index in [1.54, 1.807) is 0 Å². The van der Waals surface area contributed by atoms with Gasteiger partial charge in [-0.15, -0.1) is 0 Å². The molecule has 0 aromatic carbocycles. The van der Waals surface area contributed by atoms with Gasteiger partial charge in [-0.25, -0.2) is 10.8 Å². The number of ether oxygens (including phenoxy) is 1. The van der Waals surface area contributed by atoms with Crippen molar-refractivity contribution in [3.05, 3.63) is 6.33 Å². The summed E-state index contributed by atoms with van der Waals surface area (Å²) >= 11 is 0. The fourth-order valence-electron chi connectivity index (χ4n) is 4.36. The van der Waals surface area contributed by atoms with Crippen molar-refractivity contribution in [1.29, 1.82) is 0 Å². The van der Waals surface area contributed by atoms with Crippen LogP contribution in [-0.4, -0.2) is 84.1 Å². The van der Waals surface area contributed by atoms with E-state index in [0.29, 0.717) is 0 Å². The van der Waals surface area contributed by atoms with Gasteiger partial charge in [-0.1, -0.05) is 62.3 Å². The molecule has 0 unspecified atom stereocenters. The molecule has 2 aromatic rings. The number of rotatable bonds is 9. The number of aliphatic hydroxyl groups excluding tert-OH is 1. The lowest BCUT2D eigenvalue weighted by Crippen LogP contribution is -2.74. The number of anilines is 2. The van der Waals surface area contributed by atoms with Crippen molar-refractivity contribution in [3.8, 4) is 0 Å². The minimum absolute atomic E-state index is 0.00696. The average molecular weight is 688 g/mol. The molecule has 8 N–H and O–H groups in total. The predicted octanol–water partition coefficient (Wildman–Crippen LogP) is 4.14. The lowest BCUT2D eigenvalue weighted by Gasteiger charge is -2.54. The van der Waals surface area contributed by atoms with Crippen LogP contribution in [0.5, 0.6) is 0 Å². The molecule has 0 radical (unpaired) electrons. The van der Waals surface area contributed by atoms with E-state index in [-0.39, 0.29) is 22.9 Å². The summed E-state index contributed by atoms with van der Waals surface area (Å²) in [5, 5.41) is 36.0. The summed E-state index contributed by atoms with van der Waals surface area (Å²) in [4.78, 5) is 13.1. The summed E-state index contributed by atoms with van der Waals surface area (Å²) in [6, 6.07) is 0. The predicted molar refractivity (Wildman–Crippen MR) is 182 cm³/mol. The maximum atomic E-state index is 13.5. The van der Waals surface area contributed by atoms with E-state index in [9.17, 15) is 15.3 Å². The molecule has 4 atom stereocenters. The number of fused-ring (bicyclic) bond motifs is 1. The Balaban J connectivity index is 2.60. The lowest BCUT2D eigenvalue weighted by molar-refractivity contribution is -0.406. The third kappa shape index (κ3) is 6.03. The molecule has 0 bridgehead atoms. The van der Waals surface area contributed by atoms with Gasteiger partial charge in [-0.2, -0.15) is 9.97 Å². The number of nitrogen functional groups attached to an aromatic ring is 2. The molecule has 258 valence electrons. The molecule has 0 spiro atoms. The number of nitrogens with zero attached hydrogens (tertiary/aromatic N) is 4. The van der Waals surface area contributed by atoms with E-state index in [2.05, 4.69) is 20.4 Å². The number of aromatic nitrogens is 4. The molecule has 1 fully saturated rings. The van der Waals surface area contributed by atoms with Crippen LogP contribution in [0.1, 0.15) is 62.3 Å². The minimum Gasteiger partial charge on any atom is -0.393 e. The Hall–Kier alpha value is -1.52. The largest absolute Gasteiger partial charge is 0.393 e. The van der Waals surface area contributed by atoms with Gasteiger partial charge < -0.3 is 39.1 Å². The lowest BCUT2D eigenvalue weighted by atomic mass is 10.0. The number of nitrogens with two attached hydrogens (primary N) is 2. The van der Waals surface area contributed by atoms with Crippen LogP contribution in [-0.2, 0) is 23.9 Å². The van der Waals surface area contributed by atoms with Crippen LogP contribution < -0.4 is 17.0 Å². The van der Waals surface area contributed by atoms with Crippen molar-refractivity contribution >= 4 is 47.9 Å². The highest BCUT2D eigenvalue weighted by Gasteiger charge is 2.81. The van der Waals surface area contributed by atoms with E-state index in [1.807, 2.05) is 102 Å². The standard InChI is InChI=1S/C28H57N7O7Si3/c1-23(2,3)43(10,11)40-26(37)18(16-36)39-28(42-45(14,15)25(7,8)9,27(26,38)41-44(12,13)24(4,5)6)35-17-31-19-20(29)32-22(34-30)33-21(19)35/h17-18,36-38H,16,30H2,1-15H3,(H3,29,32,33,34)/t18-,26+,27+,28+/m1/s1. The molecular weight excluding hydrogens is 631 g/mol. The number of aliphatic hydroxyl groups is 3. The molecule has 1 aliphatic rings. The Kier molecular flexibility index (Phi) is 9.51. The van der Waals surface area contributed by atoms with Gasteiger partial charge in [-0.3, -0.25) is 9.99 Å². The molecular formula is C28H57N7O7Si3. The second kappa shape index (κ2) is 11.3. The number of nitrogens with one attached hydrogen (secondary N) is 1. The zero-order valence-corrected chi connectivity index (χ0v) is 32.8. The third-order valence-corrected chi connectivity index (χ3v) is 23.6. The molecule has 1 saturated heterocycles. The van der Waals surface area contributed by atoms with E-state index < -0.39 is 70.3 Å². The zero-order chi connectivity index (χ0) is 35.0. The van der Waals surface area contributed by atoms with Crippen molar-refractivity contribution in [1.82, 2.24) is 19.5 Å². The highest BCUT2D eigenvalue weighted by atomic mass is 28.4. The molecule has 45 heavy (non-hydrogen) atoms. The first-order valence-corrected chi connectivity index (χ1v) is 24.0. The number of hydrazine groups is 1. The zero-order valence-electron chi connectivity index (χ0n) is 29.8. The van der Waals surface area contributed by atoms with E-state index >= 15 is 0 Å². The van der Waals surface area contributed by atoms with Crippen LogP contribution in [0.25, 0.3) is 11.2 Å². The average Bonchev–Trinajstić information content (AvgIpc) is 3.34. The van der Waals surface area contributed by atoms with Crippen molar-refractivity contribution in [3.63, 3.8) is 0 Å². The van der Waals surface area contributed by atoms with Crippen LogP contribution in [0.4, 0.5) is 11.8 Å². The second-order valence-electron chi connectivity index (χ2n) is 16.7. The molecule has 3 heterocycles. The Bertz CT molecular complexity index is 1400. The quantitative estimate of drug-likeness (QED) is 0.0950. The maximum Gasteiger partial charge on any atom is 0.311 e. The summed E-state index contributed by atoms with van der Waals surface area (Å²) in [5.74, 6) is -2.15. The van der Waals surface area contributed by atoms with Crippen LogP contribution in [0.2, 0.25) is 54.4 Å². The van der Waals surface area contributed by atoms with Crippen molar-refractivity contribution < 1.29 is 33.3 Å². The van der Waals surface area contributed by atoms with Crippen molar-refractivity contribution in [2.24, 2.45) is 5.84 Å². The Labute approximate surface area is 270 Å². The Morgan fingerprint density at radius 2 is 1.33 bits per heavy atom. The van der Waals surface area contributed by atoms with Crippen LogP contribution >= 0.6 is 0 Å². The first kappa shape index (κ1) is 37.9. The molecule has 0 saturated carbocycles. The molecule has 17 heteroatoms. The Morgan fingerprint density at radius 1 is 0.867 bits per heavy atom. The fourth-order valence-corrected chi connectivity index (χ4v) is 8.31. The fraction of sp³-hybridized carbons (Fsp3) is 0.821. The second-order valence-corrected chi connectivity index (χ2v) is 30.8. The van der Waals surface area contributed by atoms with Gasteiger partial charge in [0.2, 0.25) is 11.7 Å². The summed E-state index contributed by atoms with van der Waals surface area (Å²) < 4.78 is 28.8. The van der Waals surface area contributed by atoms with E-state index in [4.69, 9.17) is 29.6 Å². The normalized spacial score (nSPS) is 27.4. The highest BCUT2D eigenvalue weighted by molar-refractivity contribution is 6.75. The van der Waals surface area contributed by atoms with Crippen molar-refractivity contribution in [2.45, 2.75) is 140 Å². The van der Waals surface area contributed by atoms with Gasteiger partial charge >= 0.3 is 5.91 Å². The van der Waals surface area contributed by atoms with Gasteiger partial charge in [0.1, 0.15) is 12.4 Å².